The molecule has 138 valence electrons. The number of carbonyl (C=O) groups is 2. The smallest absolute Gasteiger partial charge is 0.347 e. The van der Waals surface area contributed by atoms with Crippen LogP contribution in [0.5, 0.6) is 28.7 Å². The number of hydrogen-bond donors (Lipinski definition) is 4. The molecule has 0 aliphatic carbocycles. The molecule has 0 aliphatic heterocycles. The number of methoxy groups -OCH3 is 1. The van der Waals surface area contributed by atoms with Crippen molar-refractivity contribution < 1.29 is 39.5 Å². The van der Waals surface area contributed by atoms with Crippen LogP contribution in [0.4, 0.5) is 0 Å². The second-order valence-corrected chi connectivity index (χ2v) is 5.71. The lowest BCUT2D eigenvalue weighted by Crippen LogP contribution is -2.13. The van der Waals surface area contributed by atoms with Gasteiger partial charge in [-0.2, -0.15) is 0 Å². The molecule has 8 heteroatoms. The number of aromatic hydroxyl groups is 4. The Morgan fingerprint density at radius 1 is 0.808 bits per heavy atom. The van der Waals surface area contributed by atoms with Gasteiger partial charge in [-0.1, -0.05) is 0 Å². The Bertz CT molecular complexity index is 914. The van der Waals surface area contributed by atoms with Crippen molar-refractivity contribution in [1.29, 1.82) is 0 Å². The van der Waals surface area contributed by atoms with Crippen molar-refractivity contribution >= 4 is 11.9 Å². The van der Waals surface area contributed by atoms with Crippen molar-refractivity contribution in [3.8, 4) is 28.7 Å². The highest BCUT2D eigenvalue weighted by molar-refractivity contribution is 5.98. The third-order valence-corrected chi connectivity index (χ3v) is 3.95. The number of esters is 2. The summed E-state index contributed by atoms with van der Waals surface area (Å²) in [4.78, 5) is 24.2. The van der Waals surface area contributed by atoms with E-state index in [9.17, 15) is 30.0 Å². The fourth-order valence-electron chi connectivity index (χ4n) is 2.51. The lowest BCUT2D eigenvalue weighted by Gasteiger charge is -2.15. The van der Waals surface area contributed by atoms with Crippen LogP contribution < -0.4 is 4.74 Å². The van der Waals surface area contributed by atoms with Gasteiger partial charge in [0, 0.05) is 5.56 Å². The van der Waals surface area contributed by atoms with E-state index in [-0.39, 0.29) is 28.0 Å². The predicted molar refractivity (Wildman–Crippen MR) is 90.1 cm³/mol. The van der Waals surface area contributed by atoms with Gasteiger partial charge in [-0.3, -0.25) is 0 Å². The van der Waals surface area contributed by atoms with Gasteiger partial charge in [0.2, 0.25) is 5.75 Å². The predicted octanol–water partition coefficient (Wildman–Crippen LogP) is 2.44. The Morgan fingerprint density at radius 2 is 1.35 bits per heavy atom. The van der Waals surface area contributed by atoms with Gasteiger partial charge in [0.05, 0.1) is 7.11 Å². The van der Waals surface area contributed by atoms with E-state index in [0.717, 1.165) is 6.07 Å². The van der Waals surface area contributed by atoms with Crippen LogP contribution in [-0.4, -0.2) is 39.5 Å². The van der Waals surface area contributed by atoms with E-state index in [2.05, 4.69) is 4.74 Å². The van der Waals surface area contributed by atoms with E-state index in [4.69, 9.17) is 4.74 Å². The van der Waals surface area contributed by atoms with Crippen LogP contribution in [0.25, 0.3) is 0 Å². The lowest BCUT2D eigenvalue weighted by molar-refractivity contribution is 0.0596. The van der Waals surface area contributed by atoms with Crippen molar-refractivity contribution in [2.75, 3.05) is 7.11 Å². The summed E-state index contributed by atoms with van der Waals surface area (Å²) >= 11 is 0. The normalized spacial score (nSPS) is 10.5. The number of benzene rings is 2. The molecular formula is C18H18O8. The van der Waals surface area contributed by atoms with Gasteiger partial charge in [-0.05, 0) is 44.0 Å². The highest BCUT2D eigenvalue weighted by Crippen LogP contribution is 2.40. The third kappa shape index (κ3) is 3.08. The first-order valence-corrected chi connectivity index (χ1v) is 7.48. The number of rotatable bonds is 3. The van der Waals surface area contributed by atoms with Gasteiger partial charge in [0.15, 0.2) is 11.5 Å². The standard InChI is InChI=1S/C18H18O8/c1-7-5-10(19)15(21)16(22)13(7)18(24)26-11-6-8(2)12(17(23)25-4)14(20)9(11)3/h5-6,19-22H,1-4H3. The highest BCUT2D eigenvalue weighted by atomic mass is 16.5. The number of phenolic OH excluding ortho intramolecular Hbond substituents is 4. The molecule has 0 atom stereocenters. The number of ether oxygens (including phenoxy) is 2. The first-order chi connectivity index (χ1) is 12.1. The van der Waals surface area contributed by atoms with Crippen molar-refractivity contribution in [2.24, 2.45) is 0 Å². The van der Waals surface area contributed by atoms with Crippen LogP contribution in [0, 0.1) is 20.8 Å². The molecule has 0 bridgehead atoms. The zero-order chi connectivity index (χ0) is 19.8. The topological polar surface area (TPSA) is 134 Å². The third-order valence-electron chi connectivity index (χ3n) is 3.95. The summed E-state index contributed by atoms with van der Waals surface area (Å²) in [5.41, 5.74) is 0.217. The zero-order valence-corrected chi connectivity index (χ0v) is 14.6. The molecule has 0 unspecified atom stereocenters. The number of aryl methyl sites for hydroxylation is 2. The van der Waals surface area contributed by atoms with Crippen molar-refractivity contribution in [1.82, 2.24) is 0 Å². The molecule has 0 aliphatic rings. The molecule has 0 fully saturated rings. The number of phenols is 4. The molecule has 8 nitrogen and oxygen atoms in total. The van der Waals surface area contributed by atoms with Crippen LogP contribution in [0.2, 0.25) is 0 Å². The Kier molecular flexibility index (Phi) is 4.97. The maximum atomic E-state index is 12.4. The van der Waals surface area contributed by atoms with Crippen LogP contribution in [0.3, 0.4) is 0 Å². The fraction of sp³-hybridized carbons (Fsp3) is 0.222. The van der Waals surface area contributed by atoms with E-state index in [1.807, 2.05) is 0 Å². The lowest BCUT2D eigenvalue weighted by atomic mass is 10.0. The Hall–Kier alpha value is -3.42. The SMILES string of the molecule is COC(=O)c1c(C)cc(OC(=O)c2c(C)cc(O)c(O)c2O)c(C)c1O. The summed E-state index contributed by atoms with van der Waals surface area (Å²) in [6.45, 7) is 4.40. The largest absolute Gasteiger partial charge is 0.507 e. The summed E-state index contributed by atoms with van der Waals surface area (Å²) in [6, 6.07) is 2.47. The molecule has 0 amide bonds. The second-order valence-electron chi connectivity index (χ2n) is 5.71. The minimum atomic E-state index is -1.01. The maximum absolute atomic E-state index is 12.4. The molecule has 2 aromatic rings. The zero-order valence-electron chi connectivity index (χ0n) is 14.6. The fourth-order valence-corrected chi connectivity index (χ4v) is 2.51. The summed E-state index contributed by atoms with van der Waals surface area (Å²) in [6.07, 6.45) is 0. The molecule has 26 heavy (non-hydrogen) atoms. The molecule has 0 spiro atoms. The summed E-state index contributed by atoms with van der Waals surface area (Å²) in [5, 5.41) is 39.2. The van der Waals surface area contributed by atoms with Gasteiger partial charge in [0.25, 0.3) is 0 Å². The molecular weight excluding hydrogens is 344 g/mol. The molecule has 0 saturated heterocycles. The van der Waals surface area contributed by atoms with E-state index in [1.54, 1.807) is 0 Å². The molecule has 0 heterocycles. The first-order valence-electron chi connectivity index (χ1n) is 7.48. The minimum absolute atomic E-state index is 0.0379. The van der Waals surface area contributed by atoms with Gasteiger partial charge < -0.3 is 29.9 Å². The number of hydrogen-bond acceptors (Lipinski definition) is 8. The highest BCUT2D eigenvalue weighted by Gasteiger charge is 2.25. The second kappa shape index (κ2) is 6.83. The summed E-state index contributed by atoms with van der Waals surface area (Å²) in [5.74, 6) is -4.43. The van der Waals surface area contributed by atoms with Gasteiger partial charge in [-0.25, -0.2) is 9.59 Å². The first kappa shape index (κ1) is 18.9. The molecule has 0 aromatic heterocycles. The Morgan fingerprint density at radius 3 is 1.92 bits per heavy atom. The van der Waals surface area contributed by atoms with E-state index in [0.29, 0.717) is 5.56 Å². The Labute approximate surface area is 148 Å². The van der Waals surface area contributed by atoms with E-state index in [1.165, 1.54) is 33.9 Å². The van der Waals surface area contributed by atoms with Crippen molar-refractivity contribution in [3.05, 3.63) is 39.9 Å². The monoisotopic (exact) mass is 362 g/mol. The molecule has 2 rings (SSSR count). The minimum Gasteiger partial charge on any atom is -0.507 e. The van der Waals surface area contributed by atoms with Gasteiger partial charge in [-0.15, -0.1) is 0 Å². The van der Waals surface area contributed by atoms with E-state index < -0.39 is 34.9 Å². The molecule has 0 saturated carbocycles. The van der Waals surface area contributed by atoms with Crippen LogP contribution >= 0.6 is 0 Å². The van der Waals surface area contributed by atoms with E-state index >= 15 is 0 Å². The van der Waals surface area contributed by atoms with Gasteiger partial charge in [0.1, 0.15) is 22.6 Å². The maximum Gasteiger partial charge on any atom is 0.347 e. The average molecular weight is 362 g/mol. The summed E-state index contributed by atoms with van der Waals surface area (Å²) in [7, 11) is 1.17. The molecule has 0 radical (unpaired) electrons. The molecule has 2 aromatic carbocycles. The average Bonchev–Trinajstić information content (AvgIpc) is 2.57. The van der Waals surface area contributed by atoms with Gasteiger partial charge >= 0.3 is 11.9 Å². The summed E-state index contributed by atoms with van der Waals surface area (Å²) < 4.78 is 9.82. The van der Waals surface area contributed by atoms with Crippen LogP contribution in [0.1, 0.15) is 37.4 Å². The number of carbonyl (C=O) groups excluding carboxylic acids is 2. The van der Waals surface area contributed by atoms with Crippen molar-refractivity contribution in [3.63, 3.8) is 0 Å². The Balaban J connectivity index is 2.49. The van der Waals surface area contributed by atoms with Crippen LogP contribution in [0.15, 0.2) is 12.1 Å². The van der Waals surface area contributed by atoms with Crippen molar-refractivity contribution in [2.45, 2.75) is 20.8 Å². The molecule has 4 N–H and O–H groups in total. The van der Waals surface area contributed by atoms with Crippen LogP contribution in [-0.2, 0) is 4.74 Å². The quantitative estimate of drug-likeness (QED) is 0.372.